The van der Waals surface area contributed by atoms with Crippen LogP contribution in [0.4, 0.5) is 9.52 Å². The first-order valence-corrected chi connectivity index (χ1v) is 5.50. The molecular weight excluding hydrogens is 235 g/mol. The maximum Gasteiger partial charge on any atom is 0.180 e. The van der Waals surface area contributed by atoms with Gasteiger partial charge in [0.2, 0.25) is 0 Å². The van der Waals surface area contributed by atoms with Crippen molar-refractivity contribution in [1.29, 1.82) is 0 Å². The Morgan fingerprint density at radius 1 is 1.47 bits per heavy atom. The standard InChI is InChI=1S/C10H8ClFN2S/c1-5-2-7(11)6(3-8(5)12)9-4-15-10(13)14-9/h2-4H,1H3,(H2,13,14). The summed E-state index contributed by atoms with van der Waals surface area (Å²) in [5.41, 5.74) is 7.21. The van der Waals surface area contributed by atoms with Gasteiger partial charge in [-0.05, 0) is 24.6 Å². The van der Waals surface area contributed by atoms with Gasteiger partial charge in [0.1, 0.15) is 5.82 Å². The van der Waals surface area contributed by atoms with Gasteiger partial charge in [0.15, 0.2) is 5.13 Å². The Balaban J connectivity index is 2.58. The van der Waals surface area contributed by atoms with E-state index < -0.39 is 0 Å². The number of thiazole rings is 1. The normalized spacial score (nSPS) is 10.6. The molecule has 0 fully saturated rings. The monoisotopic (exact) mass is 242 g/mol. The summed E-state index contributed by atoms with van der Waals surface area (Å²) in [6.07, 6.45) is 0. The summed E-state index contributed by atoms with van der Waals surface area (Å²) in [4.78, 5) is 4.06. The minimum absolute atomic E-state index is 0.291. The van der Waals surface area contributed by atoms with Crippen molar-refractivity contribution in [3.63, 3.8) is 0 Å². The molecule has 0 aliphatic carbocycles. The van der Waals surface area contributed by atoms with Crippen molar-refractivity contribution < 1.29 is 4.39 Å². The van der Waals surface area contributed by atoms with Gasteiger partial charge >= 0.3 is 0 Å². The molecule has 0 atom stereocenters. The van der Waals surface area contributed by atoms with Crippen LogP contribution < -0.4 is 5.73 Å². The van der Waals surface area contributed by atoms with E-state index >= 15 is 0 Å². The molecule has 2 N–H and O–H groups in total. The summed E-state index contributed by atoms with van der Waals surface area (Å²) in [5.74, 6) is -0.291. The van der Waals surface area contributed by atoms with Crippen LogP contribution in [0.1, 0.15) is 5.56 Å². The third-order valence-electron chi connectivity index (χ3n) is 2.05. The van der Waals surface area contributed by atoms with E-state index in [-0.39, 0.29) is 5.82 Å². The van der Waals surface area contributed by atoms with Crippen LogP contribution in [0.2, 0.25) is 5.02 Å². The highest BCUT2D eigenvalue weighted by Gasteiger charge is 2.10. The fraction of sp³-hybridized carbons (Fsp3) is 0.100. The van der Waals surface area contributed by atoms with Gasteiger partial charge in [-0.25, -0.2) is 9.37 Å². The average molecular weight is 243 g/mol. The maximum atomic E-state index is 13.3. The third kappa shape index (κ3) is 1.96. The molecule has 2 aromatic rings. The molecule has 0 saturated carbocycles. The second kappa shape index (κ2) is 3.79. The summed E-state index contributed by atoms with van der Waals surface area (Å²) in [5, 5.41) is 2.69. The van der Waals surface area contributed by atoms with Crippen LogP contribution in [0.3, 0.4) is 0 Å². The highest BCUT2D eigenvalue weighted by atomic mass is 35.5. The van der Waals surface area contributed by atoms with E-state index in [2.05, 4.69) is 4.98 Å². The number of nitrogens with zero attached hydrogens (tertiary/aromatic N) is 1. The number of nitrogen functional groups attached to an aromatic ring is 1. The lowest BCUT2D eigenvalue weighted by atomic mass is 10.1. The first kappa shape index (κ1) is 10.4. The molecule has 1 heterocycles. The van der Waals surface area contributed by atoms with Gasteiger partial charge in [0.05, 0.1) is 10.7 Å². The predicted molar refractivity (Wildman–Crippen MR) is 61.7 cm³/mol. The van der Waals surface area contributed by atoms with Gasteiger partial charge < -0.3 is 5.73 Å². The Labute approximate surface area is 95.5 Å². The Hall–Kier alpha value is -1.13. The van der Waals surface area contributed by atoms with E-state index in [0.29, 0.717) is 27.0 Å². The molecule has 0 saturated heterocycles. The summed E-state index contributed by atoms with van der Waals surface area (Å²) in [6, 6.07) is 2.97. The number of benzene rings is 1. The Morgan fingerprint density at radius 2 is 2.20 bits per heavy atom. The van der Waals surface area contributed by atoms with Crippen molar-refractivity contribution in [1.82, 2.24) is 4.98 Å². The molecule has 0 radical (unpaired) electrons. The van der Waals surface area contributed by atoms with Crippen LogP contribution in [0.15, 0.2) is 17.5 Å². The lowest BCUT2D eigenvalue weighted by Gasteiger charge is -2.03. The summed E-state index contributed by atoms with van der Waals surface area (Å²) >= 11 is 7.31. The van der Waals surface area contributed by atoms with Crippen molar-refractivity contribution in [3.05, 3.63) is 33.9 Å². The molecule has 0 aliphatic heterocycles. The lowest BCUT2D eigenvalue weighted by Crippen LogP contribution is -1.88. The molecule has 5 heteroatoms. The van der Waals surface area contributed by atoms with E-state index in [1.54, 1.807) is 18.4 Å². The van der Waals surface area contributed by atoms with Crippen LogP contribution in [-0.2, 0) is 0 Å². The van der Waals surface area contributed by atoms with E-state index in [0.717, 1.165) is 0 Å². The van der Waals surface area contributed by atoms with Gasteiger partial charge in [-0.2, -0.15) is 0 Å². The van der Waals surface area contributed by atoms with Crippen molar-refractivity contribution >= 4 is 28.1 Å². The zero-order valence-corrected chi connectivity index (χ0v) is 9.49. The number of hydrogen-bond acceptors (Lipinski definition) is 3. The summed E-state index contributed by atoms with van der Waals surface area (Å²) in [6.45, 7) is 1.67. The minimum Gasteiger partial charge on any atom is -0.375 e. The Kier molecular flexibility index (Phi) is 2.63. The van der Waals surface area contributed by atoms with Gasteiger partial charge in [0, 0.05) is 10.9 Å². The Bertz CT molecular complexity index is 510. The molecule has 0 amide bonds. The number of hydrogen-bond donors (Lipinski definition) is 1. The quantitative estimate of drug-likeness (QED) is 0.831. The summed E-state index contributed by atoms with van der Waals surface area (Å²) < 4.78 is 13.3. The van der Waals surface area contributed by atoms with Crippen molar-refractivity contribution in [2.45, 2.75) is 6.92 Å². The summed E-state index contributed by atoms with van der Waals surface area (Å²) in [7, 11) is 0. The SMILES string of the molecule is Cc1cc(Cl)c(-c2csc(N)n2)cc1F. The first-order valence-electron chi connectivity index (χ1n) is 4.25. The molecular formula is C10H8ClFN2S. The second-order valence-corrected chi connectivity index (χ2v) is 4.45. The first-order chi connectivity index (χ1) is 7.08. The van der Waals surface area contributed by atoms with Crippen LogP contribution >= 0.6 is 22.9 Å². The molecule has 0 spiro atoms. The zero-order chi connectivity index (χ0) is 11.0. The van der Waals surface area contributed by atoms with Crippen molar-refractivity contribution in [2.24, 2.45) is 0 Å². The molecule has 2 rings (SSSR count). The molecule has 0 unspecified atom stereocenters. The van der Waals surface area contributed by atoms with Gasteiger partial charge in [-0.15, -0.1) is 11.3 Å². The Morgan fingerprint density at radius 3 is 2.80 bits per heavy atom. The van der Waals surface area contributed by atoms with Crippen LogP contribution in [-0.4, -0.2) is 4.98 Å². The number of rotatable bonds is 1. The molecule has 15 heavy (non-hydrogen) atoms. The maximum absolute atomic E-state index is 13.3. The number of aromatic nitrogens is 1. The van der Waals surface area contributed by atoms with Crippen molar-refractivity contribution in [2.75, 3.05) is 5.73 Å². The smallest absolute Gasteiger partial charge is 0.180 e. The molecule has 0 aliphatic rings. The highest BCUT2D eigenvalue weighted by Crippen LogP contribution is 2.31. The van der Waals surface area contributed by atoms with Crippen molar-refractivity contribution in [3.8, 4) is 11.3 Å². The number of halogens is 2. The van der Waals surface area contributed by atoms with E-state index in [1.807, 2.05) is 0 Å². The number of aryl methyl sites for hydroxylation is 1. The number of anilines is 1. The molecule has 78 valence electrons. The van der Waals surface area contributed by atoms with Crippen LogP contribution in [0.25, 0.3) is 11.3 Å². The van der Waals surface area contributed by atoms with Gasteiger partial charge in [-0.1, -0.05) is 11.6 Å². The average Bonchev–Trinajstić information content (AvgIpc) is 2.58. The highest BCUT2D eigenvalue weighted by molar-refractivity contribution is 7.13. The van der Waals surface area contributed by atoms with Gasteiger partial charge in [-0.3, -0.25) is 0 Å². The molecule has 1 aromatic carbocycles. The van der Waals surface area contributed by atoms with Crippen LogP contribution in [0, 0.1) is 12.7 Å². The largest absolute Gasteiger partial charge is 0.375 e. The van der Waals surface area contributed by atoms with Crippen LogP contribution in [0.5, 0.6) is 0 Å². The fourth-order valence-corrected chi connectivity index (χ4v) is 2.13. The second-order valence-electron chi connectivity index (χ2n) is 3.15. The minimum atomic E-state index is -0.291. The van der Waals surface area contributed by atoms with E-state index in [9.17, 15) is 4.39 Å². The molecule has 2 nitrogen and oxygen atoms in total. The molecule has 1 aromatic heterocycles. The third-order valence-corrected chi connectivity index (χ3v) is 3.03. The molecule has 0 bridgehead atoms. The zero-order valence-electron chi connectivity index (χ0n) is 7.92. The van der Waals surface area contributed by atoms with E-state index in [4.69, 9.17) is 17.3 Å². The predicted octanol–water partition coefficient (Wildman–Crippen LogP) is 3.49. The fourth-order valence-electron chi connectivity index (χ4n) is 1.25. The lowest BCUT2D eigenvalue weighted by molar-refractivity contribution is 0.619. The topological polar surface area (TPSA) is 38.9 Å². The van der Waals surface area contributed by atoms with E-state index in [1.165, 1.54) is 17.4 Å². The van der Waals surface area contributed by atoms with Gasteiger partial charge in [0.25, 0.3) is 0 Å². The number of nitrogens with two attached hydrogens (primary N) is 1.